The van der Waals surface area contributed by atoms with Gasteiger partial charge in [-0.25, -0.2) is 4.79 Å². The van der Waals surface area contributed by atoms with Gasteiger partial charge in [-0.3, -0.25) is 0 Å². The summed E-state index contributed by atoms with van der Waals surface area (Å²) in [5.41, 5.74) is -0.273. The number of aliphatic hydroxyl groups is 1. The van der Waals surface area contributed by atoms with Crippen molar-refractivity contribution in [1.82, 2.24) is 4.90 Å². The second-order valence-electron chi connectivity index (χ2n) is 5.59. The molecule has 4 nitrogen and oxygen atoms in total. The Balaban J connectivity index is 2.44. The van der Waals surface area contributed by atoms with E-state index >= 15 is 0 Å². The molecule has 0 aromatic rings. The molecule has 0 saturated carbocycles. The zero-order chi connectivity index (χ0) is 12.3. The summed E-state index contributed by atoms with van der Waals surface area (Å²) >= 11 is 0. The molecule has 0 aromatic heterocycles. The molecule has 1 aliphatic heterocycles. The normalized spacial score (nSPS) is 20.7. The van der Waals surface area contributed by atoms with Gasteiger partial charge in [0.2, 0.25) is 0 Å². The lowest BCUT2D eigenvalue weighted by Crippen LogP contribution is -2.41. The first-order valence-corrected chi connectivity index (χ1v) is 5.96. The third kappa shape index (κ3) is 3.37. The maximum absolute atomic E-state index is 11.7. The van der Waals surface area contributed by atoms with Gasteiger partial charge in [0.1, 0.15) is 6.10 Å². The molecule has 0 unspecified atom stereocenters. The third-order valence-electron chi connectivity index (χ3n) is 2.98. The summed E-state index contributed by atoms with van der Waals surface area (Å²) in [5.74, 6) is 0. The molecular formula is C12H23NO3. The Morgan fingerprint density at radius 1 is 1.31 bits per heavy atom. The number of hydrogen-bond donors (Lipinski definition) is 1. The van der Waals surface area contributed by atoms with Crippen molar-refractivity contribution in [3.8, 4) is 0 Å². The Hall–Kier alpha value is -0.770. The highest BCUT2D eigenvalue weighted by atomic mass is 16.6. The first kappa shape index (κ1) is 13.3. The number of aliphatic hydroxyl groups excluding tert-OH is 1. The monoisotopic (exact) mass is 229 g/mol. The molecular weight excluding hydrogens is 206 g/mol. The van der Waals surface area contributed by atoms with Crippen LogP contribution in [0.3, 0.4) is 0 Å². The molecule has 0 bridgehead atoms. The van der Waals surface area contributed by atoms with Crippen LogP contribution in [0.2, 0.25) is 0 Å². The van der Waals surface area contributed by atoms with Gasteiger partial charge in [0.05, 0.1) is 6.10 Å². The molecule has 1 saturated heterocycles. The molecule has 1 N–H and O–H groups in total. The number of nitrogens with zero attached hydrogens (tertiary/aromatic N) is 1. The van der Waals surface area contributed by atoms with Crippen molar-refractivity contribution in [2.24, 2.45) is 5.41 Å². The lowest BCUT2D eigenvalue weighted by atomic mass is 9.86. The largest absolute Gasteiger partial charge is 0.444 e. The molecule has 4 heteroatoms. The highest BCUT2D eigenvalue weighted by molar-refractivity contribution is 5.68. The second-order valence-corrected chi connectivity index (χ2v) is 5.59. The maximum Gasteiger partial charge on any atom is 0.410 e. The molecule has 2 atom stereocenters. The van der Waals surface area contributed by atoms with Gasteiger partial charge in [0, 0.05) is 13.1 Å². The number of ether oxygens (including phenoxy) is 1. The molecule has 1 rings (SSSR count). The lowest BCUT2D eigenvalue weighted by molar-refractivity contribution is -0.0495. The van der Waals surface area contributed by atoms with Crippen LogP contribution >= 0.6 is 0 Å². The molecule has 0 spiro atoms. The zero-order valence-electron chi connectivity index (χ0n) is 10.7. The van der Waals surface area contributed by atoms with Crippen LogP contribution in [-0.2, 0) is 4.74 Å². The molecule has 0 radical (unpaired) electrons. The highest BCUT2D eigenvalue weighted by Crippen LogP contribution is 2.23. The standard InChI is InChI=1S/C12H23NO3/c1-9(10(14)12(2,3)4)16-11(15)13-7-5-6-8-13/h9-10,14H,5-8H2,1-4H3/t9-,10+/m0/s1. The fourth-order valence-corrected chi connectivity index (χ4v) is 1.90. The number of rotatable bonds is 2. The summed E-state index contributed by atoms with van der Waals surface area (Å²) < 4.78 is 5.26. The second kappa shape index (κ2) is 5.04. The van der Waals surface area contributed by atoms with Gasteiger partial charge in [-0.2, -0.15) is 0 Å². The molecule has 1 aliphatic rings. The van der Waals surface area contributed by atoms with E-state index < -0.39 is 12.2 Å². The number of hydrogen-bond acceptors (Lipinski definition) is 3. The highest BCUT2D eigenvalue weighted by Gasteiger charge is 2.31. The number of likely N-dealkylation sites (tertiary alicyclic amines) is 1. The van der Waals surface area contributed by atoms with E-state index in [1.165, 1.54) is 0 Å². The van der Waals surface area contributed by atoms with E-state index in [2.05, 4.69) is 0 Å². The molecule has 1 heterocycles. The van der Waals surface area contributed by atoms with E-state index in [-0.39, 0.29) is 11.5 Å². The summed E-state index contributed by atoms with van der Waals surface area (Å²) in [6, 6.07) is 0. The van der Waals surface area contributed by atoms with Gasteiger partial charge in [0.25, 0.3) is 0 Å². The van der Waals surface area contributed by atoms with Crippen LogP contribution in [0.1, 0.15) is 40.5 Å². The van der Waals surface area contributed by atoms with E-state index in [4.69, 9.17) is 4.74 Å². The first-order valence-electron chi connectivity index (χ1n) is 5.96. The Morgan fingerprint density at radius 3 is 2.25 bits per heavy atom. The molecule has 1 amide bonds. The van der Waals surface area contributed by atoms with Crippen molar-refractivity contribution in [2.45, 2.75) is 52.7 Å². The fraction of sp³-hybridized carbons (Fsp3) is 0.917. The Kier molecular flexibility index (Phi) is 4.19. The zero-order valence-corrected chi connectivity index (χ0v) is 10.7. The first-order chi connectivity index (χ1) is 7.32. The van der Waals surface area contributed by atoms with Crippen molar-refractivity contribution < 1.29 is 14.6 Å². The summed E-state index contributed by atoms with van der Waals surface area (Å²) in [7, 11) is 0. The van der Waals surface area contributed by atoms with Gasteiger partial charge >= 0.3 is 6.09 Å². The summed E-state index contributed by atoms with van der Waals surface area (Å²) in [6.07, 6.45) is 0.692. The molecule has 0 aliphatic carbocycles. The Labute approximate surface area is 97.6 Å². The van der Waals surface area contributed by atoms with Gasteiger partial charge in [-0.05, 0) is 25.2 Å². The Morgan fingerprint density at radius 2 is 1.81 bits per heavy atom. The number of carbonyl (C=O) groups is 1. The topological polar surface area (TPSA) is 49.8 Å². The van der Waals surface area contributed by atoms with Crippen molar-refractivity contribution in [1.29, 1.82) is 0 Å². The summed E-state index contributed by atoms with van der Waals surface area (Å²) in [6.45, 7) is 9.08. The minimum atomic E-state index is -0.640. The lowest BCUT2D eigenvalue weighted by Gasteiger charge is -2.31. The van der Waals surface area contributed by atoms with E-state index in [0.717, 1.165) is 25.9 Å². The van der Waals surface area contributed by atoms with Crippen molar-refractivity contribution in [3.05, 3.63) is 0 Å². The van der Waals surface area contributed by atoms with Crippen LogP contribution in [0.4, 0.5) is 4.79 Å². The number of amides is 1. The minimum absolute atomic E-state index is 0.273. The predicted octanol–water partition coefficient (Wildman–Crippen LogP) is 2.01. The van der Waals surface area contributed by atoms with Gasteiger partial charge in [-0.15, -0.1) is 0 Å². The van der Waals surface area contributed by atoms with Crippen LogP contribution in [0.15, 0.2) is 0 Å². The predicted molar refractivity (Wildman–Crippen MR) is 62.2 cm³/mol. The van der Waals surface area contributed by atoms with Crippen LogP contribution in [0.5, 0.6) is 0 Å². The molecule has 0 aromatic carbocycles. The Bertz CT molecular complexity index is 241. The van der Waals surface area contributed by atoms with Crippen LogP contribution < -0.4 is 0 Å². The van der Waals surface area contributed by atoms with Gasteiger partial charge in [-0.1, -0.05) is 20.8 Å². The molecule has 94 valence electrons. The van der Waals surface area contributed by atoms with E-state index in [1.807, 2.05) is 20.8 Å². The quantitative estimate of drug-likeness (QED) is 0.788. The maximum atomic E-state index is 11.7. The van der Waals surface area contributed by atoms with Crippen molar-refractivity contribution >= 4 is 6.09 Å². The smallest absolute Gasteiger partial charge is 0.410 e. The SMILES string of the molecule is C[C@H](OC(=O)N1CCCC1)[C@@H](O)C(C)(C)C. The summed E-state index contributed by atoms with van der Waals surface area (Å²) in [4.78, 5) is 13.4. The molecule has 16 heavy (non-hydrogen) atoms. The van der Waals surface area contributed by atoms with E-state index in [1.54, 1.807) is 11.8 Å². The average Bonchev–Trinajstić information content (AvgIpc) is 2.67. The van der Waals surface area contributed by atoms with Crippen molar-refractivity contribution in [2.75, 3.05) is 13.1 Å². The van der Waals surface area contributed by atoms with Crippen LogP contribution in [0.25, 0.3) is 0 Å². The fourth-order valence-electron chi connectivity index (χ4n) is 1.90. The van der Waals surface area contributed by atoms with Gasteiger partial charge in [0.15, 0.2) is 0 Å². The van der Waals surface area contributed by atoms with E-state index in [9.17, 15) is 9.90 Å². The average molecular weight is 229 g/mol. The van der Waals surface area contributed by atoms with E-state index in [0.29, 0.717) is 0 Å². The van der Waals surface area contributed by atoms with Crippen LogP contribution in [-0.4, -0.2) is 41.4 Å². The number of carbonyl (C=O) groups excluding carboxylic acids is 1. The van der Waals surface area contributed by atoms with Gasteiger partial charge < -0.3 is 14.7 Å². The van der Waals surface area contributed by atoms with Crippen molar-refractivity contribution in [3.63, 3.8) is 0 Å². The van der Waals surface area contributed by atoms with Crippen LogP contribution in [0, 0.1) is 5.41 Å². The third-order valence-corrected chi connectivity index (χ3v) is 2.98. The minimum Gasteiger partial charge on any atom is -0.444 e. The molecule has 1 fully saturated rings. The summed E-state index contributed by atoms with van der Waals surface area (Å²) in [5, 5.41) is 9.95.